The summed E-state index contributed by atoms with van der Waals surface area (Å²) in [5, 5.41) is 24.6. The highest BCUT2D eigenvalue weighted by Gasteiger charge is 2.12. The first kappa shape index (κ1) is 16.7. The third-order valence-corrected chi connectivity index (χ3v) is 4.05. The monoisotopic (exact) mass is 392 g/mol. The van der Waals surface area contributed by atoms with E-state index in [1.54, 1.807) is 16.9 Å². The molecule has 0 radical (unpaired) electrons. The Hall–Kier alpha value is -3.17. The number of nitriles is 1. The second-order valence-corrected chi connectivity index (χ2v) is 6.09. The third-order valence-electron chi connectivity index (χ3n) is 3.52. The first-order valence-corrected chi connectivity index (χ1v) is 8.12. The molecule has 0 bridgehead atoms. The van der Waals surface area contributed by atoms with Crippen LogP contribution < -0.4 is 5.11 Å². The molecule has 25 heavy (non-hydrogen) atoms. The SMILES string of the molecule is N#C/C(=C/c1cn(-c2ccccc2)nc1-c1ccc(Br)cc1)C(=O)[O-]. The lowest BCUT2D eigenvalue weighted by atomic mass is 10.1. The number of hydrogen-bond donors (Lipinski definition) is 0. The van der Waals surface area contributed by atoms with Crippen molar-refractivity contribution < 1.29 is 9.90 Å². The summed E-state index contributed by atoms with van der Waals surface area (Å²) in [5.74, 6) is -1.52. The largest absolute Gasteiger partial charge is 0.544 e. The average Bonchev–Trinajstić information content (AvgIpc) is 3.04. The number of halogens is 1. The van der Waals surface area contributed by atoms with E-state index in [9.17, 15) is 9.90 Å². The number of para-hydroxylation sites is 1. The van der Waals surface area contributed by atoms with Crippen molar-refractivity contribution in [2.24, 2.45) is 0 Å². The van der Waals surface area contributed by atoms with Gasteiger partial charge in [-0.05, 0) is 30.3 Å². The zero-order valence-electron chi connectivity index (χ0n) is 12.9. The van der Waals surface area contributed by atoms with Gasteiger partial charge in [-0.1, -0.05) is 46.3 Å². The van der Waals surface area contributed by atoms with E-state index in [-0.39, 0.29) is 0 Å². The number of rotatable bonds is 4. The van der Waals surface area contributed by atoms with Crippen molar-refractivity contribution in [3.05, 3.63) is 76.4 Å². The molecule has 0 amide bonds. The van der Waals surface area contributed by atoms with Gasteiger partial charge in [0.2, 0.25) is 0 Å². The van der Waals surface area contributed by atoms with Crippen LogP contribution in [-0.4, -0.2) is 15.7 Å². The Kier molecular flexibility index (Phi) is 4.78. The molecule has 0 unspecified atom stereocenters. The standard InChI is InChI=1S/C19H12BrN3O2/c20-16-8-6-13(7-9-16)18-15(10-14(11-21)19(24)25)12-23(22-18)17-4-2-1-3-5-17/h1-10,12H,(H,24,25)/p-1/b14-10-. The summed E-state index contributed by atoms with van der Waals surface area (Å²) in [6, 6.07) is 18.5. The van der Waals surface area contributed by atoms with Gasteiger partial charge in [0, 0.05) is 21.8 Å². The Morgan fingerprint density at radius 2 is 1.84 bits per heavy atom. The Bertz CT molecular complexity index is 984. The summed E-state index contributed by atoms with van der Waals surface area (Å²) in [7, 11) is 0. The summed E-state index contributed by atoms with van der Waals surface area (Å²) >= 11 is 3.38. The molecule has 0 saturated heterocycles. The van der Waals surface area contributed by atoms with Crippen molar-refractivity contribution in [3.8, 4) is 23.0 Å². The van der Waals surface area contributed by atoms with Crippen LogP contribution in [0.2, 0.25) is 0 Å². The highest BCUT2D eigenvalue weighted by atomic mass is 79.9. The molecule has 0 aliphatic heterocycles. The van der Waals surface area contributed by atoms with E-state index in [1.165, 1.54) is 6.08 Å². The van der Waals surface area contributed by atoms with E-state index in [0.29, 0.717) is 11.3 Å². The number of carboxylic acids is 1. The molecule has 1 aromatic heterocycles. The van der Waals surface area contributed by atoms with Crippen LogP contribution in [0, 0.1) is 11.3 Å². The van der Waals surface area contributed by atoms with E-state index in [0.717, 1.165) is 15.7 Å². The van der Waals surface area contributed by atoms with Crippen LogP contribution >= 0.6 is 15.9 Å². The fourth-order valence-corrected chi connectivity index (χ4v) is 2.59. The molecule has 0 aliphatic carbocycles. The Morgan fingerprint density at radius 3 is 2.44 bits per heavy atom. The average molecular weight is 393 g/mol. The van der Waals surface area contributed by atoms with Crippen LogP contribution in [0.3, 0.4) is 0 Å². The molecule has 0 fully saturated rings. The summed E-state index contributed by atoms with van der Waals surface area (Å²) in [5.41, 5.74) is 2.27. The van der Waals surface area contributed by atoms with Crippen molar-refractivity contribution in [1.29, 1.82) is 5.26 Å². The van der Waals surface area contributed by atoms with Crippen LogP contribution in [0.4, 0.5) is 0 Å². The normalized spacial score (nSPS) is 11.1. The maximum Gasteiger partial charge on any atom is 0.101 e. The molecule has 3 rings (SSSR count). The molecule has 0 N–H and O–H groups in total. The Morgan fingerprint density at radius 1 is 1.16 bits per heavy atom. The predicted octanol–water partition coefficient (Wildman–Crippen LogP) is 2.96. The van der Waals surface area contributed by atoms with Crippen molar-refractivity contribution >= 4 is 28.0 Å². The first-order chi connectivity index (χ1) is 12.1. The zero-order valence-corrected chi connectivity index (χ0v) is 14.5. The van der Waals surface area contributed by atoms with Gasteiger partial charge in [0.1, 0.15) is 6.07 Å². The number of nitrogens with zero attached hydrogens (tertiary/aromatic N) is 3. The van der Waals surface area contributed by atoms with Crippen molar-refractivity contribution in [2.45, 2.75) is 0 Å². The number of carbonyl (C=O) groups excluding carboxylic acids is 1. The van der Waals surface area contributed by atoms with Crippen molar-refractivity contribution in [3.63, 3.8) is 0 Å². The van der Waals surface area contributed by atoms with Crippen LogP contribution in [0.1, 0.15) is 5.56 Å². The summed E-state index contributed by atoms with van der Waals surface area (Å²) < 4.78 is 2.57. The molecule has 5 nitrogen and oxygen atoms in total. The van der Waals surface area contributed by atoms with Gasteiger partial charge in [-0.2, -0.15) is 10.4 Å². The lowest BCUT2D eigenvalue weighted by molar-refractivity contribution is -0.298. The van der Waals surface area contributed by atoms with E-state index < -0.39 is 11.5 Å². The molecule has 3 aromatic rings. The molecular formula is C19H11BrN3O2-. The lowest BCUT2D eigenvalue weighted by Crippen LogP contribution is -2.23. The minimum atomic E-state index is -1.52. The number of aliphatic carboxylic acids is 1. The molecule has 122 valence electrons. The number of benzene rings is 2. The Balaban J connectivity index is 2.18. The van der Waals surface area contributed by atoms with Crippen LogP contribution in [0.15, 0.2) is 70.8 Å². The minimum Gasteiger partial charge on any atom is -0.544 e. The Labute approximate surface area is 152 Å². The maximum atomic E-state index is 11.1. The summed E-state index contributed by atoms with van der Waals surface area (Å²) in [6.45, 7) is 0. The minimum absolute atomic E-state index is 0.453. The fourth-order valence-electron chi connectivity index (χ4n) is 2.33. The molecule has 0 saturated carbocycles. The molecule has 0 aliphatic rings. The molecule has 0 atom stereocenters. The van der Waals surface area contributed by atoms with E-state index in [2.05, 4.69) is 21.0 Å². The summed E-state index contributed by atoms with van der Waals surface area (Å²) in [4.78, 5) is 11.1. The van der Waals surface area contributed by atoms with Crippen molar-refractivity contribution in [2.75, 3.05) is 0 Å². The van der Waals surface area contributed by atoms with E-state index >= 15 is 0 Å². The topological polar surface area (TPSA) is 81.7 Å². The van der Waals surface area contributed by atoms with Crippen LogP contribution in [-0.2, 0) is 4.79 Å². The lowest BCUT2D eigenvalue weighted by Gasteiger charge is -2.01. The molecule has 0 spiro atoms. The van der Waals surface area contributed by atoms with E-state index in [1.807, 2.05) is 54.6 Å². The quantitative estimate of drug-likeness (QED) is 0.504. The smallest absolute Gasteiger partial charge is 0.101 e. The fraction of sp³-hybridized carbons (Fsp3) is 0. The highest BCUT2D eigenvalue weighted by Crippen LogP contribution is 2.27. The number of aromatic nitrogens is 2. The van der Waals surface area contributed by atoms with Gasteiger partial charge < -0.3 is 9.90 Å². The van der Waals surface area contributed by atoms with Gasteiger partial charge in [-0.3, -0.25) is 0 Å². The van der Waals surface area contributed by atoms with Gasteiger partial charge in [0.25, 0.3) is 0 Å². The molecule has 1 heterocycles. The van der Waals surface area contributed by atoms with Crippen LogP contribution in [0.5, 0.6) is 0 Å². The van der Waals surface area contributed by atoms with Gasteiger partial charge in [-0.15, -0.1) is 0 Å². The molecule has 2 aromatic carbocycles. The predicted molar refractivity (Wildman–Crippen MR) is 95.3 cm³/mol. The van der Waals surface area contributed by atoms with Gasteiger partial charge in [-0.25, -0.2) is 4.68 Å². The third kappa shape index (κ3) is 3.67. The number of carboxylic acid groups (broad SMARTS) is 1. The number of hydrogen-bond acceptors (Lipinski definition) is 4. The first-order valence-electron chi connectivity index (χ1n) is 7.32. The second-order valence-electron chi connectivity index (χ2n) is 5.18. The molecular weight excluding hydrogens is 382 g/mol. The van der Waals surface area contributed by atoms with E-state index in [4.69, 9.17) is 5.26 Å². The van der Waals surface area contributed by atoms with Crippen molar-refractivity contribution in [1.82, 2.24) is 9.78 Å². The van der Waals surface area contributed by atoms with Crippen LogP contribution in [0.25, 0.3) is 23.0 Å². The highest BCUT2D eigenvalue weighted by molar-refractivity contribution is 9.10. The summed E-state index contributed by atoms with van der Waals surface area (Å²) in [6.07, 6.45) is 2.96. The van der Waals surface area contributed by atoms with Gasteiger partial charge in [0.15, 0.2) is 0 Å². The van der Waals surface area contributed by atoms with Gasteiger partial charge in [0.05, 0.1) is 22.9 Å². The molecule has 6 heteroatoms. The number of carbonyl (C=O) groups is 1. The van der Waals surface area contributed by atoms with Gasteiger partial charge >= 0.3 is 0 Å². The zero-order chi connectivity index (χ0) is 17.8. The second kappa shape index (κ2) is 7.16. The maximum absolute atomic E-state index is 11.1.